The summed E-state index contributed by atoms with van der Waals surface area (Å²) in [6.45, 7) is 1.41. The maximum absolute atomic E-state index is 11.3. The van der Waals surface area contributed by atoms with E-state index in [9.17, 15) is 4.79 Å². The van der Waals surface area contributed by atoms with E-state index in [1.165, 1.54) is 6.92 Å². The third-order valence-electron chi connectivity index (χ3n) is 3.07. The standard InChI is InChI=1S/C16H12Cl2N4O/c1-10(23)19-16-20-15(11-2-4-12(17)5-3-11)22(21-16)14-8-6-13(18)7-9-14/h2-9H,1H3,(H,19,21,23). The Hall–Kier alpha value is -2.37. The fraction of sp³-hybridized carbons (Fsp3) is 0.0625. The highest BCUT2D eigenvalue weighted by atomic mass is 35.5. The van der Waals surface area contributed by atoms with Crippen molar-refractivity contribution in [2.24, 2.45) is 0 Å². The number of amides is 1. The van der Waals surface area contributed by atoms with E-state index in [2.05, 4.69) is 15.4 Å². The first kappa shape index (κ1) is 15.5. The van der Waals surface area contributed by atoms with Gasteiger partial charge >= 0.3 is 0 Å². The minimum Gasteiger partial charge on any atom is -0.293 e. The summed E-state index contributed by atoms with van der Waals surface area (Å²) in [4.78, 5) is 15.7. The first-order valence-electron chi connectivity index (χ1n) is 6.79. The Morgan fingerprint density at radius 3 is 2.13 bits per heavy atom. The monoisotopic (exact) mass is 346 g/mol. The number of carbonyl (C=O) groups is 1. The van der Waals surface area contributed by atoms with Crippen LogP contribution in [0.15, 0.2) is 48.5 Å². The van der Waals surface area contributed by atoms with E-state index < -0.39 is 0 Å². The van der Waals surface area contributed by atoms with E-state index in [1.54, 1.807) is 28.9 Å². The fourth-order valence-corrected chi connectivity index (χ4v) is 2.32. The highest BCUT2D eigenvalue weighted by Gasteiger charge is 2.14. The van der Waals surface area contributed by atoms with Gasteiger partial charge in [-0.15, -0.1) is 5.10 Å². The lowest BCUT2D eigenvalue weighted by molar-refractivity contribution is -0.114. The highest BCUT2D eigenvalue weighted by Crippen LogP contribution is 2.25. The summed E-state index contributed by atoms with van der Waals surface area (Å²) in [5.74, 6) is 0.589. The molecule has 0 radical (unpaired) electrons. The molecule has 0 fully saturated rings. The molecule has 1 aromatic heterocycles. The van der Waals surface area contributed by atoms with Gasteiger partial charge in [-0.2, -0.15) is 4.98 Å². The molecule has 3 aromatic rings. The molecule has 0 bridgehead atoms. The van der Waals surface area contributed by atoms with Gasteiger partial charge in [-0.1, -0.05) is 23.2 Å². The van der Waals surface area contributed by atoms with Crippen molar-refractivity contribution in [1.82, 2.24) is 14.8 Å². The van der Waals surface area contributed by atoms with Crippen LogP contribution in [-0.4, -0.2) is 20.7 Å². The minimum atomic E-state index is -0.235. The molecule has 23 heavy (non-hydrogen) atoms. The Kier molecular flexibility index (Phi) is 4.32. The molecule has 2 aromatic carbocycles. The van der Waals surface area contributed by atoms with Gasteiger partial charge in [0.05, 0.1) is 5.69 Å². The van der Waals surface area contributed by atoms with Crippen LogP contribution in [-0.2, 0) is 4.79 Å². The molecule has 1 amide bonds. The van der Waals surface area contributed by atoms with Gasteiger partial charge in [0.1, 0.15) is 0 Å². The van der Waals surface area contributed by atoms with Gasteiger partial charge in [0.2, 0.25) is 11.9 Å². The maximum Gasteiger partial charge on any atom is 0.249 e. The maximum atomic E-state index is 11.3. The number of nitrogens with zero attached hydrogens (tertiary/aromatic N) is 3. The molecule has 0 atom stereocenters. The van der Waals surface area contributed by atoms with E-state index in [0.29, 0.717) is 15.9 Å². The van der Waals surface area contributed by atoms with E-state index in [1.807, 2.05) is 24.3 Å². The first-order valence-corrected chi connectivity index (χ1v) is 7.55. The Morgan fingerprint density at radius 1 is 1.00 bits per heavy atom. The average Bonchev–Trinajstić information content (AvgIpc) is 2.91. The molecule has 0 aliphatic heterocycles. The van der Waals surface area contributed by atoms with Gasteiger partial charge in [-0.25, -0.2) is 4.68 Å². The van der Waals surface area contributed by atoms with Crippen LogP contribution >= 0.6 is 23.2 Å². The zero-order valence-electron chi connectivity index (χ0n) is 12.1. The van der Waals surface area contributed by atoms with E-state index >= 15 is 0 Å². The van der Waals surface area contributed by atoms with Gasteiger partial charge in [-0.05, 0) is 48.5 Å². The van der Waals surface area contributed by atoms with Crippen LogP contribution in [0.2, 0.25) is 10.0 Å². The average molecular weight is 347 g/mol. The zero-order valence-corrected chi connectivity index (χ0v) is 13.6. The van der Waals surface area contributed by atoms with Gasteiger partial charge in [0.25, 0.3) is 0 Å². The van der Waals surface area contributed by atoms with Crippen molar-refractivity contribution in [2.75, 3.05) is 5.32 Å². The van der Waals surface area contributed by atoms with Crippen molar-refractivity contribution in [3.63, 3.8) is 0 Å². The summed E-state index contributed by atoms with van der Waals surface area (Å²) in [6.07, 6.45) is 0. The number of rotatable bonds is 3. The van der Waals surface area contributed by atoms with Crippen molar-refractivity contribution in [3.8, 4) is 17.1 Å². The Bertz CT molecular complexity index is 779. The molecule has 0 saturated heterocycles. The van der Waals surface area contributed by atoms with Crippen LogP contribution in [0.4, 0.5) is 5.95 Å². The van der Waals surface area contributed by atoms with Crippen molar-refractivity contribution in [3.05, 3.63) is 58.6 Å². The molecule has 0 unspecified atom stereocenters. The molecule has 0 saturated carbocycles. The number of hydrogen-bond acceptors (Lipinski definition) is 3. The Morgan fingerprint density at radius 2 is 1.57 bits per heavy atom. The molecule has 5 nitrogen and oxygen atoms in total. The number of carbonyl (C=O) groups excluding carboxylic acids is 1. The molecule has 0 aliphatic carbocycles. The molecule has 3 rings (SSSR count). The van der Waals surface area contributed by atoms with Crippen LogP contribution in [0.1, 0.15) is 6.92 Å². The second-order valence-electron chi connectivity index (χ2n) is 4.84. The Balaban J connectivity index is 2.12. The van der Waals surface area contributed by atoms with Crippen LogP contribution in [0.5, 0.6) is 0 Å². The predicted molar refractivity (Wildman–Crippen MR) is 91.1 cm³/mol. The SMILES string of the molecule is CC(=O)Nc1nc(-c2ccc(Cl)cc2)n(-c2ccc(Cl)cc2)n1. The molecular formula is C16H12Cl2N4O. The van der Waals surface area contributed by atoms with Crippen molar-refractivity contribution < 1.29 is 4.79 Å². The third-order valence-corrected chi connectivity index (χ3v) is 3.57. The number of nitrogens with one attached hydrogen (secondary N) is 1. The summed E-state index contributed by atoms with van der Waals surface area (Å²) in [5, 5.41) is 8.20. The van der Waals surface area contributed by atoms with Crippen molar-refractivity contribution in [1.29, 1.82) is 0 Å². The van der Waals surface area contributed by atoms with Crippen LogP contribution in [0, 0.1) is 0 Å². The second-order valence-corrected chi connectivity index (χ2v) is 5.71. The highest BCUT2D eigenvalue weighted by molar-refractivity contribution is 6.30. The number of aromatic nitrogens is 3. The predicted octanol–water partition coefficient (Wildman–Crippen LogP) is 4.20. The van der Waals surface area contributed by atoms with Crippen LogP contribution in [0.25, 0.3) is 17.1 Å². The smallest absolute Gasteiger partial charge is 0.249 e. The van der Waals surface area contributed by atoms with E-state index in [4.69, 9.17) is 23.2 Å². The van der Waals surface area contributed by atoms with Crippen LogP contribution in [0.3, 0.4) is 0 Å². The number of benzene rings is 2. The Labute approximate surface area is 142 Å². The van der Waals surface area contributed by atoms with Crippen LogP contribution < -0.4 is 5.32 Å². The van der Waals surface area contributed by atoms with Crippen molar-refractivity contribution in [2.45, 2.75) is 6.92 Å². The van der Waals surface area contributed by atoms with E-state index in [0.717, 1.165) is 11.3 Å². The molecule has 0 aliphatic rings. The third kappa shape index (κ3) is 3.52. The molecule has 1 heterocycles. The van der Waals surface area contributed by atoms with Gasteiger partial charge in [0, 0.05) is 22.5 Å². The van der Waals surface area contributed by atoms with Gasteiger partial charge < -0.3 is 0 Å². The number of halogens is 2. The molecule has 1 N–H and O–H groups in total. The summed E-state index contributed by atoms with van der Waals surface area (Å²) in [5.41, 5.74) is 1.61. The lowest BCUT2D eigenvalue weighted by Crippen LogP contribution is -2.07. The summed E-state index contributed by atoms with van der Waals surface area (Å²) < 4.78 is 1.64. The first-order chi connectivity index (χ1) is 11.0. The lowest BCUT2D eigenvalue weighted by Gasteiger charge is -2.06. The lowest BCUT2D eigenvalue weighted by atomic mass is 10.2. The van der Waals surface area contributed by atoms with Crippen molar-refractivity contribution >= 4 is 35.1 Å². The molecule has 116 valence electrons. The normalized spacial score (nSPS) is 10.6. The number of anilines is 1. The largest absolute Gasteiger partial charge is 0.293 e. The summed E-state index contributed by atoms with van der Waals surface area (Å²) >= 11 is 11.9. The summed E-state index contributed by atoms with van der Waals surface area (Å²) in [7, 11) is 0. The number of hydrogen-bond donors (Lipinski definition) is 1. The van der Waals surface area contributed by atoms with E-state index in [-0.39, 0.29) is 11.9 Å². The molecule has 7 heteroatoms. The summed E-state index contributed by atoms with van der Waals surface area (Å²) in [6, 6.07) is 14.4. The topological polar surface area (TPSA) is 59.8 Å². The second kappa shape index (κ2) is 6.40. The zero-order chi connectivity index (χ0) is 16.4. The quantitative estimate of drug-likeness (QED) is 0.772. The van der Waals surface area contributed by atoms with Gasteiger partial charge in [-0.3, -0.25) is 10.1 Å². The molecule has 0 spiro atoms. The molecular weight excluding hydrogens is 335 g/mol. The fourth-order valence-electron chi connectivity index (χ4n) is 2.07. The van der Waals surface area contributed by atoms with Gasteiger partial charge in [0.15, 0.2) is 5.82 Å². The minimum absolute atomic E-state index is 0.234.